The lowest BCUT2D eigenvalue weighted by atomic mass is 10.0. The number of hydrogen-bond donors (Lipinski definition) is 1. The van der Waals surface area contributed by atoms with E-state index in [0.29, 0.717) is 12.8 Å². The van der Waals surface area contributed by atoms with Crippen LogP contribution in [0.1, 0.15) is 476 Å². The standard InChI is InChI=1S/C87H164O5/c1-3-5-7-9-11-13-15-17-19-21-23-25-27-29-31-33-35-37-39-41-43-45-47-49-51-53-55-57-59-61-63-65-67-69-71-73-75-77-79-81-86(89)91-84-85(83-88)92-87(90)82-80-78-76-74-72-70-68-66-64-62-60-58-56-54-52-50-48-46-44-42-40-38-36-34-32-30-28-26-24-22-20-18-16-14-12-10-8-6-4-2/h6,8,12,14,18,20,24,26,85,88H,3-5,7,9-11,13,15-17,19,21-23,25,27-84H2,1-2H3/b8-6-,14-12-,20-18-,26-24-. The Kier molecular flexibility index (Phi) is 81.2. The summed E-state index contributed by atoms with van der Waals surface area (Å²) in [4.78, 5) is 24.7. The molecule has 5 heteroatoms. The van der Waals surface area contributed by atoms with Gasteiger partial charge in [0.15, 0.2) is 6.10 Å². The number of aliphatic hydroxyl groups is 1. The summed E-state index contributed by atoms with van der Waals surface area (Å²) in [5, 5.41) is 9.74. The van der Waals surface area contributed by atoms with Crippen molar-refractivity contribution in [1.29, 1.82) is 0 Å². The Bertz CT molecular complexity index is 1510. The number of rotatable bonds is 80. The van der Waals surface area contributed by atoms with E-state index in [1.165, 1.54) is 392 Å². The van der Waals surface area contributed by atoms with Crippen LogP contribution in [0.3, 0.4) is 0 Å². The second-order valence-electron chi connectivity index (χ2n) is 28.9. The van der Waals surface area contributed by atoms with Crippen molar-refractivity contribution in [3.8, 4) is 0 Å². The largest absolute Gasteiger partial charge is 0.462 e. The minimum Gasteiger partial charge on any atom is -0.462 e. The Morgan fingerprint density at radius 3 is 0.707 bits per heavy atom. The first kappa shape index (κ1) is 89.9. The summed E-state index contributed by atoms with van der Waals surface area (Å²) in [5.74, 6) is -0.560. The van der Waals surface area contributed by atoms with E-state index < -0.39 is 6.10 Å². The van der Waals surface area contributed by atoms with E-state index in [9.17, 15) is 14.7 Å². The fraction of sp³-hybridized carbons (Fsp3) is 0.885. The normalized spacial score (nSPS) is 12.3. The van der Waals surface area contributed by atoms with Crippen molar-refractivity contribution in [1.82, 2.24) is 0 Å². The van der Waals surface area contributed by atoms with Gasteiger partial charge in [0.05, 0.1) is 6.61 Å². The molecule has 0 spiro atoms. The van der Waals surface area contributed by atoms with Crippen LogP contribution < -0.4 is 0 Å². The molecule has 0 aliphatic rings. The van der Waals surface area contributed by atoms with Gasteiger partial charge in [-0.3, -0.25) is 9.59 Å². The third-order valence-electron chi connectivity index (χ3n) is 19.6. The lowest BCUT2D eigenvalue weighted by molar-refractivity contribution is -0.161. The molecule has 0 fully saturated rings. The molecular weight excluding hydrogens is 1120 g/mol. The molecule has 0 saturated heterocycles. The summed E-state index contributed by atoms with van der Waals surface area (Å²) in [5.41, 5.74) is 0. The molecule has 0 rings (SSSR count). The minimum atomic E-state index is -0.770. The number of esters is 2. The monoisotopic (exact) mass is 1290 g/mol. The highest BCUT2D eigenvalue weighted by Crippen LogP contribution is 2.21. The molecule has 1 unspecified atom stereocenters. The molecule has 542 valence electrons. The van der Waals surface area contributed by atoms with Gasteiger partial charge in [0.2, 0.25) is 0 Å². The second kappa shape index (κ2) is 83.1. The molecule has 5 nitrogen and oxygen atoms in total. The van der Waals surface area contributed by atoms with E-state index in [2.05, 4.69) is 62.5 Å². The van der Waals surface area contributed by atoms with Crippen LogP contribution in [0.25, 0.3) is 0 Å². The Labute approximate surface area is 577 Å². The third kappa shape index (κ3) is 80.3. The summed E-state index contributed by atoms with van der Waals surface area (Å²) in [7, 11) is 0. The van der Waals surface area contributed by atoms with Gasteiger partial charge in [-0.2, -0.15) is 0 Å². The van der Waals surface area contributed by atoms with Crippen molar-refractivity contribution in [3.63, 3.8) is 0 Å². The summed E-state index contributed by atoms with van der Waals surface area (Å²) >= 11 is 0. The molecule has 1 atom stereocenters. The Balaban J connectivity index is 3.34. The van der Waals surface area contributed by atoms with E-state index in [1.54, 1.807) is 0 Å². The summed E-state index contributed by atoms with van der Waals surface area (Å²) in [6.45, 7) is 4.11. The van der Waals surface area contributed by atoms with Gasteiger partial charge in [-0.05, 0) is 51.4 Å². The van der Waals surface area contributed by atoms with E-state index in [1.807, 2.05) is 0 Å². The zero-order valence-electron chi connectivity index (χ0n) is 62.6. The lowest BCUT2D eigenvalue weighted by Gasteiger charge is -2.15. The predicted octanol–water partition coefficient (Wildman–Crippen LogP) is 29.8. The molecule has 0 aromatic rings. The maximum Gasteiger partial charge on any atom is 0.306 e. The maximum absolute atomic E-state index is 12.4. The van der Waals surface area contributed by atoms with Crippen molar-refractivity contribution in [2.45, 2.75) is 482 Å². The van der Waals surface area contributed by atoms with Crippen molar-refractivity contribution >= 4 is 11.9 Å². The lowest BCUT2D eigenvalue weighted by Crippen LogP contribution is -2.28. The van der Waals surface area contributed by atoms with Crippen LogP contribution in [0.15, 0.2) is 48.6 Å². The second-order valence-corrected chi connectivity index (χ2v) is 28.9. The number of carbonyl (C=O) groups is 2. The average molecular weight is 1290 g/mol. The molecule has 0 aliphatic heterocycles. The van der Waals surface area contributed by atoms with E-state index in [-0.39, 0.29) is 25.2 Å². The first-order valence-corrected chi connectivity index (χ1v) is 42.2. The van der Waals surface area contributed by atoms with Crippen LogP contribution in [0.4, 0.5) is 0 Å². The number of unbranched alkanes of at least 4 members (excludes halogenated alkanes) is 64. The Morgan fingerprint density at radius 1 is 0.261 bits per heavy atom. The van der Waals surface area contributed by atoms with Gasteiger partial charge in [-0.15, -0.1) is 0 Å². The molecule has 0 heterocycles. The summed E-state index contributed by atoms with van der Waals surface area (Å²) in [6, 6.07) is 0. The van der Waals surface area contributed by atoms with Gasteiger partial charge in [-0.25, -0.2) is 0 Å². The van der Waals surface area contributed by atoms with Crippen LogP contribution in [0, 0.1) is 0 Å². The van der Waals surface area contributed by atoms with Gasteiger partial charge in [-0.1, -0.05) is 461 Å². The van der Waals surface area contributed by atoms with Crippen LogP contribution >= 0.6 is 0 Å². The molecule has 92 heavy (non-hydrogen) atoms. The smallest absolute Gasteiger partial charge is 0.306 e. The SMILES string of the molecule is CC/C=C\C/C=C\C/C=C\C/C=C\CCCCCCCCCCCCCCCCCCCCCCCCCCCCC(=O)OC(CO)COC(=O)CCCCCCCCCCCCCCCCCCCCCCCCCCCCCCCCCCCCCCCCC. The van der Waals surface area contributed by atoms with Crippen LogP contribution in [-0.2, 0) is 19.1 Å². The number of ether oxygens (including phenoxy) is 2. The Morgan fingerprint density at radius 2 is 0.467 bits per heavy atom. The van der Waals surface area contributed by atoms with Gasteiger partial charge in [0.1, 0.15) is 6.61 Å². The van der Waals surface area contributed by atoms with Crippen molar-refractivity contribution in [2.24, 2.45) is 0 Å². The number of carbonyl (C=O) groups excluding carboxylic acids is 2. The van der Waals surface area contributed by atoms with Crippen LogP contribution in [0.5, 0.6) is 0 Å². The Hall–Kier alpha value is -2.14. The van der Waals surface area contributed by atoms with Gasteiger partial charge in [0, 0.05) is 12.8 Å². The predicted molar refractivity (Wildman–Crippen MR) is 408 cm³/mol. The molecule has 0 radical (unpaired) electrons. The van der Waals surface area contributed by atoms with Crippen molar-refractivity contribution in [2.75, 3.05) is 13.2 Å². The van der Waals surface area contributed by atoms with E-state index in [4.69, 9.17) is 9.47 Å². The first-order valence-electron chi connectivity index (χ1n) is 42.2. The molecule has 0 aromatic heterocycles. The first-order chi connectivity index (χ1) is 45.6. The fourth-order valence-electron chi connectivity index (χ4n) is 13.4. The summed E-state index contributed by atoms with van der Waals surface area (Å²) < 4.78 is 10.8. The molecule has 0 aromatic carbocycles. The van der Waals surface area contributed by atoms with Crippen molar-refractivity contribution < 1.29 is 24.2 Å². The highest BCUT2D eigenvalue weighted by Gasteiger charge is 2.16. The maximum atomic E-state index is 12.4. The minimum absolute atomic E-state index is 0.0578. The third-order valence-corrected chi connectivity index (χ3v) is 19.6. The zero-order valence-corrected chi connectivity index (χ0v) is 62.6. The molecular formula is C87H164O5. The number of allylic oxidation sites excluding steroid dienone is 8. The summed E-state index contributed by atoms with van der Waals surface area (Å²) in [6.07, 6.45) is 114. The van der Waals surface area contributed by atoms with Gasteiger partial charge in [0.25, 0.3) is 0 Å². The van der Waals surface area contributed by atoms with Crippen molar-refractivity contribution in [3.05, 3.63) is 48.6 Å². The van der Waals surface area contributed by atoms with Crippen LogP contribution in [-0.4, -0.2) is 36.4 Å². The number of aliphatic hydroxyl groups excluding tert-OH is 1. The van der Waals surface area contributed by atoms with E-state index in [0.717, 1.165) is 57.8 Å². The van der Waals surface area contributed by atoms with Gasteiger partial charge < -0.3 is 14.6 Å². The van der Waals surface area contributed by atoms with Crippen LogP contribution in [0.2, 0.25) is 0 Å². The number of hydrogen-bond acceptors (Lipinski definition) is 5. The molecule has 0 aliphatic carbocycles. The fourth-order valence-corrected chi connectivity index (χ4v) is 13.4. The van der Waals surface area contributed by atoms with Gasteiger partial charge >= 0.3 is 11.9 Å². The average Bonchev–Trinajstić information content (AvgIpc) is 3.75. The molecule has 0 amide bonds. The zero-order chi connectivity index (χ0) is 66.1. The molecule has 0 bridgehead atoms. The highest BCUT2D eigenvalue weighted by molar-refractivity contribution is 5.70. The molecule has 0 saturated carbocycles. The highest BCUT2D eigenvalue weighted by atomic mass is 16.6. The van der Waals surface area contributed by atoms with E-state index >= 15 is 0 Å². The topological polar surface area (TPSA) is 72.8 Å². The molecule has 1 N–H and O–H groups in total. The quantitative estimate of drug-likeness (QED) is 0.0373.